The number of nitrogens with one attached hydrogen (secondary N) is 1. The standard InChI is InChI=1S/C20H29ClN4O2/c1-16-15-23(8-5-19(26)24-9-6-22-7-10-24)11-12-25(16)20(27)14-17-3-2-4-18(21)13-17/h2-4,13,16,22H,5-12,14-15H2,1H3. The summed E-state index contributed by atoms with van der Waals surface area (Å²) in [6.07, 6.45) is 0.940. The molecule has 3 rings (SSSR count). The van der Waals surface area contributed by atoms with E-state index in [4.69, 9.17) is 11.6 Å². The van der Waals surface area contributed by atoms with E-state index in [1.54, 1.807) is 0 Å². The molecule has 1 N–H and O–H groups in total. The second-order valence-electron chi connectivity index (χ2n) is 7.42. The van der Waals surface area contributed by atoms with E-state index < -0.39 is 0 Å². The number of hydrogen-bond donors (Lipinski definition) is 1. The van der Waals surface area contributed by atoms with E-state index in [-0.39, 0.29) is 17.9 Å². The summed E-state index contributed by atoms with van der Waals surface area (Å²) in [7, 11) is 0. The van der Waals surface area contributed by atoms with Gasteiger partial charge in [0.25, 0.3) is 0 Å². The van der Waals surface area contributed by atoms with Crippen molar-refractivity contribution in [3.05, 3.63) is 34.9 Å². The van der Waals surface area contributed by atoms with Gasteiger partial charge < -0.3 is 15.1 Å². The highest BCUT2D eigenvalue weighted by Gasteiger charge is 2.28. The smallest absolute Gasteiger partial charge is 0.227 e. The van der Waals surface area contributed by atoms with E-state index >= 15 is 0 Å². The molecule has 0 radical (unpaired) electrons. The summed E-state index contributed by atoms with van der Waals surface area (Å²) < 4.78 is 0. The van der Waals surface area contributed by atoms with Crippen LogP contribution in [0.15, 0.2) is 24.3 Å². The van der Waals surface area contributed by atoms with Gasteiger partial charge >= 0.3 is 0 Å². The van der Waals surface area contributed by atoms with Gasteiger partial charge in [0, 0.05) is 69.8 Å². The van der Waals surface area contributed by atoms with Crippen LogP contribution in [0.2, 0.25) is 5.02 Å². The fraction of sp³-hybridized carbons (Fsp3) is 0.600. The average molecular weight is 393 g/mol. The number of hydrogen-bond acceptors (Lipinski definition) is 4. The first-order chi connectivity index (χ1) is 13.0. The maximum absolute atomic E-state index is 12.7. The Morgan fingerprint density at radius 3 is 2.63 bits per heavy atom. The van der Waals surface area contributed by atoms with Crippen LogP contribution < -0.4 is 5.32 Å². The van der Waals surface area contributed by atoms with Crippen LogP contribution in [0.3, 0.4) is 0 Å². The molecule has 1 atom stereocenters. The summed E-state index contributed by atoms with van der Waals surface area (Å²) in [5.74, 6) is 0.380. The van der Waals surface area contributed by atoms with Crippen molar-refractivity contribution in [2.24, 2.45) is 0 Å². The molecule has 0 bridgehead atoms. The lowest BCUT2D eigenvalue weighted by molar-refractivity contribution is -0.136. The van der Waals surface area contributed by atoms with Crippen molar-refractivity contribution in [2.45, 2.75) is 25.8 Å². The normalized spacial score (nSPS) is 21.3. The third-order valence-corrected chi connectivity index (χ3v) is 5.62. The fourth-order valence-electron chi connectivity index (χ4n) is 3.86. The van der Waals surface area contributed by atoms with Gasteiger partial charge in [0.05, 0.1) is 6.42 Å². The molecular weight excluding hydrogens is 364 g/mol. The zero-order chi connectivity index (χ0) is 19.2. The van der Waals surface area contributed by atoms with E-state index in [1.807, 2.05) is 34.1 Å². The lowest BCUT2D eigenvalue weighted by Gasteiger charge is -2.40. The predicted octanol–water partition coefficient (Wildman–Crippen LogP) is 1.24. The van der Waals surface area contributed by atoms with E-state index in [9.17, 15) is 9.59 Å². The predicted molar refractivity (Wildman–Crippen MR) is 107 cm³/mol. The van der Waals surface area contributed by atoms with Gasteiger partial charge in [-0.3, -0.25) is 14.5 Å². The molecule has 0 aliphatic carbocycles. The Morgan fingerprint density at radius 1 is 1.15 bits per heavy atom. The lowest BCUT2D eigenvalue weighted by atomic mass is 10.1. The van der Waals surface area contributed by atoms with Gasteiger partial charge in [0.1, 0.15) is 0 Å². The first-order valence-electron chi connectivity index (χ1n) is 9.77. The van der Waals surface area contributed by atoms with Crippen LogP contribution >= 0.6 is 11.6 Å². The van der Waals surface area contributed by atoms with Crippen LogP contribution in [-0.2, 0) is 16.0 Å². The molecule has 2 saturated heterocycles. The number of carbonyl (C=O) groups excluding carboxylic acids is 2. The second-order valence-corrected chi connectivity index (χ2v) is 7.86. The molecule has 2 aliphatic heterocycles. The summed E-state index contributed by atoms with van der Waals surface area (Å²) >= 11 is 6.01. The van der Waals surface area contributed by atoms with Gasteiger partial charge in [-0.25, -0.2) is 0 Å². The SMILES string of the molecule is CC1CN(CCC(=O)N2CCNCC2)CCN1C(=O)Cc1cccc(Cl)c1. The average Bonchev–Trinajstić information content (AvgIpc) is 2.66. The molecule has 1 aromatic rings. The minimum atomic E-state index is 0.140. The number of amides is 2. The Bertz CT molecular complexity index is 663. The molecule has 2 amide bonds. The minimum absolute atomic E-state index is 0.140. The molecule has 148 valence electrons. The molecular formula is C20H29ClN4O2. The molecule has 0 spiro atoms. The molecule has 7 heteroatoms. The third-order valence-electron chi connectivity index (χ3n) is 5.39. The molecule has 27 heavy (non-hydrogen) atoms. The van der Waals surface area contributed by atoms with Gasteiger partial charge in [-0.2, -0.15) is 0 Å². The molecule has 2 heterocycles. The summed E-state index contributed by atoms with van der Waals surface area (Å²) in [6, 6.07) is 7.63. The van der Waals surface area contributed by atoms with Crippen molar-refractivity contribution in [3.8, 4) is 0 Å². The number of nitrogens with zero attached hydrogens (tertiary/aromatic N) is 3. The largest absolute Gasteiger partial charge is 0.340 e. The highest BCUT2D eigenvalue weighted by Crippen LogP contribution is 2.15. The van der Waals surface area contributed by atoms with Gasteiger partial charge in [-0.1, -0.05) is 23.7 Å². The zero-order valence-corrected chi connectivity index (χ0v) is 16.7. The van der Waals surface area contributed by atoms with Crippen LogP contribution in [0.5, 0.6) is 0 Å². The van der Waals surface area contributed by atoms with Crippen molar-refractivity contribution in [1.29, 1.82) is 0 Å². The highest BCUT2D eigenvalue weighted by molar-refractivity contribution is 6.30. The fourth-order valence-corrected chi connectivity index (χ4v) is 4.07. The summed E-state index contributed by atoms with van der Waals surface area (Å²) in [6.45, 7) is 8.58. The van der Waals surface area contributed by atoms with Gasteiger partial charge in [0.2, 0.25) is 11.8 Å². The minimum Gasteiger partial charge on any atom is -0.340 e. The maximum Gasteiger partial charge on any atom is 0.227 e. The third kappa shape index (κ3) is 5.67. The number of benzene rings is 1. The van der Waals surface area contributed by atoms with E-state index in [0.717, 1.165) is 51.4 Å². The van der Waals surface area contributed by atoms with Crippen molar-refractivity contribution < 1.29 is 9.59 Å². The first-order valence-corrected chi connectivity index (χ1v) is 10.2. The molecule has 2 aliphatic rings. The van der Waals surface area contributed by atoms with Crippen LogP contribution in [-0.4, -0.2) is 84.9 Å². The highest BCUT2D eigenvalue weighted by atomic mass is 35.5. The topological polar surface area (TPSA) is 55.9 Å². The van der Waals surface area contributed by atoms with Gasteiger partial charge in [-0.05, 0) is 24.6 Å². The van der Waals surface area contributed by atoms with Crippen LogP contribution in [0.4, 0.5) is 0 Å². The summed E-state index contributed by atoms with van der Waals surface area (Å²) in [5.41, 5.74) is 0.948. The number of carbonyl (C=O) groups is 2. The van der Waals surface area contributed by atoms with Crippen molar-refractivity contribution in [1.82, 2.24) is 20.0 Å². The van der Waals surface area contributed by atoms with Crippen molar-refractivity contribution >= 4 is 23.4 Å². The Kier molecular flexibility index (Phi) is 7.10. The van der Waals surface area contributed by atoms with E-state index in [0.29, 0.717) is 24.4 Å². The van der Waals surface area contributed by atoms with Gasteiger partial charge in [0.15, 0.2) is 0 Å². The Morgan fingerprint density at radius 2 is 1.93 bits per heavy atom. The van der Waals surface area contributed by atoms with Crippen LogP contribution in [0, 0.1) is 0 Å². The van der Waals surface area contributed by atoms with Crippen LogP contribution in [0.1, 0.15) is 18.9 Å². The maximum atomic E-state index is 12.7. The van der Waals surface area contributed by atoms with E-state index in [2.05, 4.69) is 17.1 Å². The first kappa shape index (κ1) is 20.1. The molecule has 2 fully saturated rings. The second kappa shape index (κ2) is 9.53. The molecule has 1 aromatic carbocycles. The summed E-state index contributed by atoms with van der Waals surface area (Å²) in [4.78, 5) is 31.2. The van der Waals surface area contributed by atoms with Crippen molar-refractivity contribution in [3.63, 3.8) is 0 Å². The molecule has 6 nitrogen and oxygen atoms in total. The van der Waals surface area contributed by atoms with Gasteiger partial charge in [-0.15, -0.1) is 0 Å². The molecule has 0 aromatic heterocycles. The Labute approximate surface area is 166 Å². The van der Waals surface area contributed by atoms with Crippen molar-refractivity contribution in [2.75, 3.05) is 52.4 Å². The Balaban J connectivity index is 1.44. The van der Waals surface area contributed by atoms with Crippen LogP contribution in [0.25, 0.3) is 0 Å². The number of piperazine rings is 2. The molecule has 1 unspecified atom stereocenters. The van der Waals surface area contributed by atoms with E-state index in [1.165, 1.54) is 0 Å². The number of halogens is 1. The quantitative estimate of drug-likeness (QED) is 0.819. The monoisotopic (exact) mass is 392 g/mol. The lowest BCUT2D eigenvalue weighted by Crippen LogP contribution is -2.55. The zero-order valence-electron chi connectivity index (χ0n) is 16.0. The number of rotatable bonds is 5. The molecule has 0 saturated carbocycles. The Hall–Kier alpha value is -1.63. The summed E-state index contributed by atoms with van der Waals surface area (Å²) in [5, 5.41) is 3.93.